The van der Waals surface area contributed by atoms with E-state index in [9.17, 15) is 9.59 Å². The van der Waals surface area contributed by atoms with Gasteiger partial charge < -0.3 is 30.2 Å². The number of nitrogens with one attached hydrogen (secondary N) is 2. The summed E-state index contributed by atoms with van der Waals surface area (Å²) in [5.74, 6) is 0.473. The van der Waals surface area contributed by atoms with Crippen LogP contribution in [0.25, 0.3) is 10.9 Å². The highest BCUT2D eigenvalue weighted by Crippen LogP contribution is 2.32. The van der Waals surface area contributed by atoms with Gasteiger partial charge in [-0.05, 0) is 47.5 Å². The monoisotopic (exact) mass is 473 g/mol. The Morgan fingerprint density at radius 1 is 0.971 bits per heavy atom. The average molecular weight is 474 g/mol. The first kappa shape index (κ1) is 23.7. The van der Waals surface area contributed by atoms with E-state index in [2.05, 4.69) is 16.4 Å². The molecule has 0 aliphatic heterocycles. The number of nitrogens with two attached hydrogens (primary N) is 1. The molecule has 1 aromatic heterocycles. The Kier molecular flexibility index (Phi) is 7.21. The number of carbonyl (C=O) groups excluding carboxylic acids is 2. The van der Waals surface area contributed by atoms with Gasteiger partial charge in [0.05, 0.1) is 14.2 Å². The van der Waals surface area contributed by atoms with Gasteiger partial charge in [-0.15, -0.1) is 0 Å². The number of rotatable bonds is 10. The summed E-state index contributed by atoms with van der Waals surface area (Å²) in [6.45, 7) is 0.0886. The SMILES string of the molecule is COc1ccc(C(CNC(=O)c2ccc(OCC(N)=O)c(OC)c2)c2c[nH]c3ccccc23)cc1. The molecule has 1 unspecified atom stereocenters. The van der Waals surface area contributed by atoms with Crippen LogP contribution in [0.1, 0.15) is 27.4 Å². The Morgan fingerprint density at radius 3 is 2.46 bits per heavy atom. The maximum atomic E-state index is 13.1. The number of methoxy groups -OCH3 is 2. The zero-order chi connectivity index (χ0) is 24.8. The fraction of sp³-hybridized carbons (Fsp3) is 0.185. The second-order valence-electron chi connectivity index (χ2n) is 7.95. The maximum Gasteiger partial charge on any atom is 0.255 e. The second-order valence-corrected chi connectivity index (χ2v) is 7.95. The summed E-state index contributed by atoms with van der Waals surface area (Å²) in [6.07, 6.45) is 1.99. The Hall–Kier alpha value is -4.46. The highest BCUT2D eigenvalue weighted by molar-refractivity contribution is 5.95. The molecule has 0 aliphatic carbocycles. The smallest absolute Gasteiger partial charge is 0.255 e. The molecule has 0 radical (unpaired) electrons. The normalized spacial score (nSPS) is 11.6. The van der Waals surface area contributed by atoms with Crippen LogP contribution in [0.3, 0.4) is 0 Å². The van der Waals surface area contributed by atoms with E-state index >= 15 is 0 Å². The molecule has 4 N–H and O–H groups in total. The number of carbonyl (C=O) groups is 2. The van der Waals surface area contributed by atoms with Crippen molar-refractivity contribution in [3.8, 4) is 17.2 Å². The molecule has 0 saturated carbocycles. The lowest BCUT2D eigenvalue weighted by Crippen LogP contribution is -2.29. The van der Waals surface area contributed by atoms with E-state index in [4.69, 9.17) is 19.9 Å². The van der Waals surface area contributed by atoms with Crippen molar-refractivity contribution in [1.29, 1.82) is 0 Å². The van der Waals surface area contributed by atoms with Crippen molar-refractivity contribution in [2.75, 3.05) is 27.4 Å². The number of hydrogen-bond acceptors (Lipinski definition) is 5. The highest BCUT2D eigenvalue weighted by atomic mass is 16.5. The minimum absolute atomic E-state index is 0.0962. The summed E-state index contributed by atoms with van der Waals surface area (Å²) in [5.41, 5.74) is 8.70. The minimum atomic E-state index is -0.601. The van der Waals surface area contributed by atoms with Gasteiger partial charge in [0.1, 0.15) is 5.75 Å². The molecule has 8 nitrogen and oxygen atoms in total. The molecule has 2 amide bonds. The van der Waals surface area contributed by atoms with Crippen molar-refractivity contribution in [3.05, 3.63) is 89.6 Å². The van der Waals surface area contributed by atoms with Crippen LogP contribution in [0.2, 0.25) is 0 Å². The Balaban J connectivity index is 1.58. The third-order valence-electron chi connectivity index (χ3n) is 5.78. The van der Waals surface area contributed by atoms with Crippen molar-refractivity contribution < 1.29 is 23.8 Å². The average Bonchev–Trinajstić information content (AvgIpc) is 3.31. The zero-order valence-corrected chi connectivity index (χ0v) is 19.5. The van der Waals surface area contributed by atoms with Crippen molar-refractivity contribution in [2.24, 2.45) is 5.73 Å². The Morgan fingerprint density at radius 2 is 1.74 bits per heavy atom. The van der Waals surface area contributed by atoms with Crippen molar-refractivity contribution >= 4 is 22.7 Å². The van der Waals surface area contributed by atoms with Gasteiger partial charge >= 0.3 is 0 Å². The van der Waals surface area contributed by atoms with Crippen molar-refractivity contribution in [3.63, 3.8) is 0 Å². The lowest BCUT2D eigenvalue weighted by molar-refractivity contribution is -0.119. The molecule has 1 atom stereocenters. The van der Waals surface area contributed by atoms with Crippen LogP contribution >= 0.6 is 0 Å². The number of para-hydroxylation sites is 1. The van der Waals surface area contributed by atoms with Gasteiger partial charge in [-0.1, -0.05) is 30.3 Å². The summed E-state index contributed by atoms with van der Waals surface area (Å²) in [5, 5.41) is 4.14. The van der Waals surface area contributed by atoms with E-state index in [1.165, 1.54) is 7.11 Å². The summed E-state index contributed by atoms with van der Waals surface area (Å²) < 4.78 is 16.0. The van der Waals surface area contributed by atoms with Gasteiger partial charge in [-0.2, -0.15) is 0 Å². The summed E-state index contributed by atoms with van der Waals surface area (Å²) in [6, 6.07) is 20.7. The molecule has 0 fully saturated rings. The van der Waals surface area contributed by atoms with Crippen LogP contribution in [-0.4, -0.2) is 44.2 Å². The molecular formula is C27H27N3O5. The summed E-state index contributed by atoms with van der Waals surface area (Å²) >= 11 is 0. The van der Waals surface area contributed by atoms with Crippen LogP contribution in [-0.2, 0) is 4.79 Å². The van der Waals surface area contributed by atoms with Crippen LogP contribution in [0.4, 0.5) is 0 Å². The first-order valence-electron chi connectivity index (χ1n) is 11.1. The zero-order valence-electron chi connectivity index (χ0n) is 19.5. The van der Waals surface area contributed by atoms with Gasteiger partial charge in [0, 0.05) is 35.1 Å². The number of aromatic amines is 1. The molecule has 0 aliphatic rings. The highest BCUT2D eigenvalue weighted by Gasteiger charge is 2.20. The van der Waals surface area contributed by atoms with Gasteiger partial charge in [-0.25, -0.2) is 0 Å². The summed E-state index contributed by atoms with van der Waals surface area (Å²) in [7, 11) is 3.09. The first-order valence-corrected chi connectivity index (χ1v) is 11.1. The Bertz CT molecular complexity index is 1330. The molecule has 0 spiro atoms. The van der Waals surface area contributed by atoms with Gasteiger partial charge in [0.15, 0.2) is 18.1 Å². The van der Waals surface area contributed by atoms with Crippen LogP contribution in [0.15, 0.2) is 72.9 Å². The predicted molar refractivity (Wildman–Crippen MR) is 133 cm³/mol. The fourth-order valence-electron chi connectivity index (χ4n) is 4.00. The number of ether oxygens (including phenoxy) is 3. The second kappa shape index (κ2) is 10.6. The van der Waals surface area contributed by atoms with Gasteiger partial charge in [0.25, 0.3) is 11.8 Å². The number of amides is 2. The molecule has 35 heavy (non-hydrogen) atoms. The standard InChI is InChI=1S/C27H27N3O5/c1-33-19-10-7-17(8-11-19)21(22-15-29-23-6-4-3-5-20(22)23)14-30-27(32)18-9-12-24(25(13-18)34-2)35-16-26(28)31/h3-13,15,21,29H,14,16H2,1-2H3,(H2,28,31)(H,30,32). The fourth-order valence-corrected chi connectivity index (χ4v) is 4.00. The molecule has 8 heteroatoms. The maximum absolute atomic E-state index is 13.1. The number of primary amides is 1. The number of fused-ring (bicyclic) bond motifs is 1. The van der Waals surface area contributed by atoms with E-state index in [0.29, 0.717) is 23.6 Å². The predicted octanol–water partition coefficient (Wildman–Crippen LogP) is 3.61. The molecule has 4 rings (SSSR count). The molecule has 0 saturated heterocycles. The van der Waals surface area contributed by atoms with Crippen LogP contribution in [0, 0.1) is 0 Å². The third-order valence-corrected chi connectivity index (χ3v) is 5.78. The number of H-pyrrole nitrogens is 1. The number of hydrogen-bond donors (Lipinski definition) is 3. The molecule has 180 valence electrons. The van der Waals surface area contributed by atoms with Crippen molar-refractivity contribution in [1.82, 2.24) is 10.3 Å². The van der Waals surface area contributed by atoms with Crippen molar-refractivity contribution in [2.45, 2.75) is 5.92 Å². The molecule has 3 aromatic carbocycles. The molecular weight excluding hydrogens is 446 g/mol. The minimum Gasteiger partial charge on any atom is -0.497 e. The van der Waals surface area contributed by atoms with E-state index in [-0.39, 0.29) is 18.4 Å². The largest absolute Gasteiger partial charge is 0.497 e. The van der Waals surface area contributed by atoms with Crippen LogP contribution in [0.5, 0.6) is 17.2 Å². The third kappa shape index (κ3) is 5.38. The van der Waals surface area contributed by atoms with Gasteiger partial charge in [-0.3, -0.25) is 9.59 Å². The summed E-state index contributed by atoms with van der Waals surface area (Å²) in [4.78, 5) is 27.4. The number of benzene rings is 3. The first-order chi connectivity index (χ1) is 17.0. The topological polar surface area (TPSA) is 116 Å². The lowest BCUT2D eigenvalue weighted by atomic mass is 9.90. The Labute approximate surface area is 203 Å². The van der Waals surface area contributed by atoms with E-state index < -0.39 is 5.91 Å². The van der Waals surface area contributed by atoms with Crippen LogP contribution < -0.4 is 25.3 Å². The lowest BCUT2D eigenvalue weighted by Gasteiger charge is -2.19. The molecule has 0 bridgehead atoms. The quantitative estimate of drug-likeness (QED) is 0.325. The number of aromatic nitrogens is 1. The van der Waals surface area contributed by atoms with E-state index in [1.807, 2.05) is 48.7 Å². The van der Waals surface area contributed by atoms with E-state index in [0.717, 1.165) is 27.8 Å². The molecule has 4 aromatic rings. The molecule has 1 heterocycles. The van der Waals surface area contributed by atoms with E-state index in [1.54, 1.807) is 25.3 Å². The van der Waals surface area contributed by atoms with Gasteiger partial charge in [0.2, 0.25) is 0 Å².